The number of hydrogen-bond donors (Lipinski definition) is 4. The average molecular weight is 281 g/mol. The summed E-state index contributed by atoms with van der Waals surface area (Å²) in [5.74, 6) is 0. The monoisotopic (exact) mass is 281 g/mol. The van der Waals surface area contributed by atoms with Crippen molar-refractivity contribution in [2.45, 2.75) is 13.3 Å². The maximum absolute atomic E-state index is 11.4. The molecule has 0 unspecified atom stereocenters. The van der Waals surface area contributed by atoms with Crippen LogP contribution < -0.4 is 16.0 Å². The van der Waals surface area contributed by atoms with E-state index in [1.54, 1.807) is 31.2 Å². The van der Waals surface area contributed by atoms with Crippen molar-refractivity contribution in [3.8, 4) is 0 Å². The Balaban J connectivity index is 2.42. The van der Waals surface area contributed by atoms with Gasteiger partial charge < -0.3 is 20.5 Å². The highest BCUT2D eigenvalue weighted by atomic mass is 16.5. The van der Waals surface area contributed by atoms with Gasteiger partial charge in [0.15, 0.2) is 0 Å². The quantitative estimate of drug-likeness (QED) is 0.597. The molecule has 4 N–H and O–H groups in total. The van der Waals surface area contributed by atoms with Gasteiger partial charge >= 0.3 is 12.1 Å². The summed E-state index contributed by atoms with van der Waals surface area (Å²) in [6.07, 6.45) is -0.00882. The second-order valence-electron chi connectivity index (χ2n) is 3.88. The van der Waals surface area contributed by atoms with E-state index in [1.807, 2.05) is 0 Å². The fourth-order valence-corrected chi connectivity index (χ4v) is 1.38. The number of urea groups is 1. The lowest BCUT2D eigenvalue weighted by atomic mass is 10.3. The van der Waals surface area contributed by atoms with Crippen LogP contribution in [-0.2, 0) is 4.74 Å². The molecule has 0 saturated heterocycles. The summed E-state index contributed by atoms with van der Waals surface area (Å²) in [5.41, 5.74) is 1.18. The Kier molecular flexibility index (Phi) is 6.91. The number of nitrogens with one attached hydrogen (secondary N) is 3. The Bertz CT molecular complexity index is 434. The van der Waals surface area contributed by atoms with Crippen LogP contribution >= 0.6 is 0 Å². The maximum Gasteiger partial charge on any atom is 0.411 e. The van der Waals surface area contributed by atoms with Crippen molar-refractivity contribution in [3.63, 3.8) is 0 Å². The van der Waals surface area contributed by atoms with Crippen LogP contribution in [0.25, 0.3) is 0 Å². The van der Waals surface area contributed by atoms with Gasteiger partial charge in [-0.2, -0.15) is 0 Å². The van der Waals surface area contributed by atoms with Gasteiger partial charge in [0.25, 0.3) is 0 Å². The lowest BCUT2D eigenvalue weighted by Crippen LogP contribution is -2.29. The smallest absolute Gasteiger partial charge is 0.411 e. The molecule has 0 aromatic heterocycles. The van der Waals surface area contributed by atoms with Gasteiger partial charge in [0.05, 0.1) is 6.61 Å². The molecule has 0 aliphatic heterocycles. The van der Waals surface area contributed by atoms with Gasteiger partial charge in [-0.3, -0.25) is 5.32 Å². The number of carbonyl (C=O) groups is 2. The van der Waals surface area contributed by atoms with E-state index >= 15 is 0 Å². The van der Waals surface area contributed by atoms with Crippen LogP contribution in [0.2, 0.25) is 0 Å². The molecule has 0 aliphatic rings. The first-order valence-electron chi connectivity index (χ1n) is 6.35. The number of amides is 3. The first-order chi connectivity index (χ1) is 9.65. The van der Waals surface area contributed by atoms with E-state index in [9.17, 15) is 9.59 Å². The van der Waals surface area contributed by atoms with Crippen molar-refractivity contribution in [2.75, 3.05) is 30.4 Å². The van der Waals surface area contributed by atoms with Crippen molar-refractivity contribution in [1.29, 1.82) is 0 Å². The van der Waals surface area contributed by atoms with E-state index in [0.717, 1.165) is 0 Å². The molecule has 0 spiro atoms. The second kappa shape index (κ2) is 8.76. The minimum Gasteiger partial charge on any atom is -0.450 e. The normalized spacial score (nSPS) is 9.70. The fraction of sp³-hybridized carbons (Fsp3) is 0.385. The second-order valence-corrected chi connectivity index (χ2v) is 3.88. The van der Waals surface area contributed by atoms with Gasteiger partial charge in [0, 0.05) is 24.5 Å². The lowest BCUT2D eigenvalue weighted by Gasteiger charge is -2.08. The van der Waals surface area contributed by atoms with E-state index < -0.39 is 6.09 Å². The van der Waals surface area contributed by atoms with E-state index in [2.05, 4.69) is 16.0 Å². The summed E-state index contributed by atoms with van der Waals surface area (Å²) in [4.78, 5) is 22.6. The van der Waals surface area contributed by atoms with Crippen LogP contribution in [0.5, 0.6) is 0 Å². The van der Waals surface area contributed by atoms with Gasteiger partial charge in [-0.05, 0) is 37.6 Å². The summed E-state index contributed by atoms with van der Waals surface area (Å²) in [7, 11) is 0. The molecule has 0 saturated carbocycles. The molecule has 0 aliphatic carbocycles. The van der Waals surface area contributed by atoms with Gasteiger partial charge in [-0.15, -0.1) is 0 Å². The Labute approximate surface area is 117 Å². The molecule has 0 fully saturated rings. The molecule has 20 heavy (non-hydrogen) atoms. The highest BCUT2D eigenvalue weighted by molar-refractivity contribution is 5.90. The van der Waals surface area contributed by atoms with E-state index in [-0.39, 0.29) is 12.6 Å². The van der Waals surface area contributed by atoms with Crippen LogP contribution in [0, 0.1) is 0 Å². The molecule has 1 rings (SSSR count). The molecule has 110 valence electrons. The highest BCUT2D eigenvalue weighted by Crippen LogP contribution is 2.13. The number of ether oxygens (including phenoxy) is 1. The topological polar surface area (TPSA) is 99.7 Å². The largest absolute Gasteiger partial charge is 0.450 e. The Morgan fingerprint density at radius 2 is 1.75 bits per heavy atom. The van der Waals surface area contributed by atoms with Crippen molar-refractivity contribution in [2.24, 2.45) is 0 Å². The summed E-state index contributed by atoms with van der Waals surface area (Å²) in [5, 5.41) is 16.4. The van der Waals surface area contributed by atoms with Crippen molar-refractivity contribution < 1.29 is 19.4 Å². The summed E-state index contributed by atoms with van der Waals surface area (Å²) < 4.78 is 4.75. The lowest BCUT2D eigenvalue weighted by molar-refractivity contribution is 0.168. The molecule has 3 amide bonds. The standard InChI is InChI=1S/C13H19N3O4/c1-2-20-13(19)16-11-6-4-10(5-7-11)15-12(18)14-8-3-9-17/h4-7,17H,2-3,8-9H2,1H3,(H,16,19)(H2,14,15,18). The van der Waals surface area contributed by atoms with Crippen LogP contribution in [-0.4, -0.2) is 37.0 Å². The van der Waals surface area contributed by atoms with E-state index in [0.29, 0.717) is 30.9 Å². The van der Waals surface area contributed by atoms with Crippen LogP contribution in [0.15, 0.2) is 24.3 Å². The first-order valence-corrected chi connectivity index (χ1v) is 6.35. The number of hydrogen-bond acceptors (Lipinski definition) is 4. The highest BCUT2D eigenvalue weighted by Gasteiger charge is 2.03. The summed E-state index contributed by atoms with van der Waals surface area (Å²) >= 11 is 0. The zero-order chi connectivity index (χ0) is 14.8. The number of aliphatic hydroxyl groups excluding tert-OH is 1. The van der Waals surface area contributed by atoms with Crippen LogP contribution in [0.4, 0.5) is 21.0 Å². The Morgan fingerprint density at radius 3 is 2.30 bits per heavy atom. The Hall–Kier alpha value is -2.28. The van der Waals surface area contributed by atoms with Gasteiger partial charge in [-0.1, -0.05) is 0 Å². The van der Waals surface area contributed by atoms with Gasteiger partial charge in [-0.25, -0.2) is 9.59 Å². The number of rotatable bonds is 6. The fourth-order valence-electron chi connectivity index (χ4n) is 1.38. The molecule has 1 aromatic carbocycles. The maximum atomic E-state index is 11.4. The van der Waals surface area contributed by atoms with Crippen LogP contribution in [0.3, 0.4) is 0 Å². The zero-order valence-electron chi connectivity index (χ0n) is 11.3. The number of benzene rings is 1. The van der Waals surface area contributed by atoms with Crippen LogP contribution in [0.1, 0.15) is 13.3 Å². The third-order valence-corrected chi connectivity index (χ3v) is 2.29. The number of carbonyl (C=O) groups excluding carboxylic acids is 2. The number of anilines is 2. The zero-order valence-corrected chi connectivity index (χ0v) is 11.3. The Morgan fingerprint density at radius 1 is 1.15 bits per heavy atom. The van der Waals surface area contributed by atoms with E-state index in [1.165, 1.54) is 0 Å². The van der Waals surface area contributed by atoms with Gasteiger partial charge in [0.2, 0.25) is 0 Å². The molecule has 7 nitrogen and oxygen atoms in total. The van der Waals surface area contributed by atoms with Gasteiger partial charge in [0.1, 0.15) is 0 Å². The van der Waals surface area contributed by atoms with E-state index in [4.69, 9.17) is 9.84 Å². The van der Waals surface area contributed by atoms with Crippen molar-refractivity contribution >= 4 is 23.5 Å². The minimum absolute atomic E-state index is 0.0362. The predicted octanol–water partition coefficient (Wildman–Crippen LogP) is 1.76. The molecular formula is C13H19N3O4. The molecular weight excluding hydrogens is 262 g/mol. The molecule has 0 bridgehead atoms. The molecule has 0 radical (unpaired) electrons. The molecule has 7 heteroatoms. The average Bonchev–Trinajstić information content (AvgIpc) is 2.41. The predicted molar refractivity (Wildman–Crippen MR) is 75.8 cm³/mol. The first kappa shape index (κ1) is 15.8. The van der Waals surface area contributed by atoms with Crippen molar-refractivity contribution in [1.82, 2.24) is 5.32 Å². The molecule has 0 heterocycles. The SMILES string of the molecule is CCOC(=O)Nc1ccc(NC(=O)NCCCO)cc1. The minimum atomic E-state index is -0.519. The molecule has 0 atom stereocenters. The number of aliphatic hydroxyl groups is 1. The third kappa shape index (κ3) is 6.05. The summed E-state index contributed by atoms with van der Waals surface area (Å²) in [6.45, 7) is 2.47. The third-order valence-electron chi connectivity index (χ3n) is 2.29. The van der Waals surface area contributed by atoms with Crippen molar-refractivity contribution in [3.05, 3.63) is 24.3 Å². The summed E-state index contributed by atoms with van der Waals surface area (Å²) in [6, 6.07) is 6.28. The molecule has 1 aromatic rings.